The van der Waals surface area contributed by atoms with E-state index in [9.17, 15) is 4.57 Å². The summed E-state index contributed by atoms with van der Waals surface area (Å²) in [4.78, 5) is 0. The number of hydrogen-bond acceptors (Lipinski definition) is 2. The first kappa shape index (κ1) is 18.0. The van der Waals surface area contributed by atoms with Crippen LogP contribution in [0.25, 0.3) is 0 Å². The van der Waals surface area contributed by atoms with Gasteiger partial charge in [0.25, 0.3) is 0 Å². The van der Waals surface area contributed by atoms with Gasteiger partial charge in [-0.15, -0.1) is 0 Å². The van der Waals surface area contributed by atoms with Crippen LogP contribution in [0.4, 0.5) is 0 Å². The third kappa shape index (κ3) is 16.0. The third-order valence-corrected chi connectivity index (χ3v) is 3.45. The van der Waals surface area contributed by atoms with E-state index < -0.39 is 0 Å². The molecule has 0 fully saturated rings. The van der Waals surface area contributed by atoms with Gasteiger partial charge in [-0.3, -0.25) is 0 Å². The van der Waals surface area contributed by atoms with Crippen molar-refractivity contribution in [2.45, 2.75) is 77.6 Å². The molecule has 106 valence electrons. The molecule has 0 rings (SSSR count). The van der Waals surface area contributed by atoms with Crippen LogP contribution < -0.4 is 0 Å². The number of rotatable bonds is 13. The van der Waals surface area contributed by atoms with Gasteiger partial charge in [0, 0.05) is 13.2 Å². The van der Waals surface area contributed by atoms with E-state index in [0.29, 0.717) is 0 Å². The van der Waals surface area contributed by atoms with Gasteiger partial charge in [-0.2, -0.15) is 0 Å². The standard InChI is InChI=1S/C15H29O2P/c1-2-17-14-12-10-8-6-4-3-5-7-9-11-13-15-18-16/h2-14H2,1H3. The van der Waals surface area contributed by atoms with Gasteiger partial charge in [-0.05, 0) is 6.92 Å². The third-order valence-electron chi connectivity index (χ3n) is 3.10. The minimum atomic E-state index is 0.0686. The second-order valence-corrected chi connectivity index (χ2v) is 5.23. The molecule has 0 aliphatic carbocycles. The Kier molecular flexibility index (Phi) is 16.9. The Hall–Kier alpha value is -0.0300. The zero-order valence-corrected chi connectivity index (χ0v) is 12.9. The summed E-state index contributed by atoms with van der Waals surface area (Å²) in [5.41, 5.74) is 2.79. The Bertz CT molecular complexity index is 246. The van der Waals surface area contributed by atoms with E-state index >= 15 is 0 Å². The SMILES string of the molecule is CCOCCCCCCCCCCCCC#P=O. The molecule has 0 aromatic heterocycles. The molecule has 0 aromatic rings. The van der Waals surface area contributed by atoms with Gasteiger partial charge in [-0.1, -0.05) is 0 Å². The fourth-order valence-electron chi connectivity index (χ4n) is 2.01. The van der Waals surface area contributed by atoms with Gasteiger partial charge in [0.2, 0.25) is 0 Å². The van der Waals surface area contributed by atoms with Crippen LogP contribution in [0.1, 0.15) is 77.6 Å². The predicted molar refractivity (Wildman–Crippen MR) is 78.8 cm³/mol. The summed E-state index contributed by atoms with van der Waals surface area (Å²) in [5, 5.41) is 0. The van der Waals surface area contributed by atoms with E-state index in [-0.39, 0.29) is 7.92 Å². The topological polar surface area (TPSA) is 26.3 Å². The zero-order chi connectivity index (χ0) is 13.3. The quantitative estimate of drug-likeness (QED) is 0.324. The fraction of sp³-hybridized carbons (Fsp3) is 0.933. The number of ether oxygens (including phenoxy) is 1. The van der Waals surface area contributed by atoms with Crippen molar-refractivity contribution in [1.82, 2.24) is 0 Å². The zero-order valence-electron chi connectivity index (χ0n) is 12.0. The maximum absolute atomic E-state index is 10.1. The number of unbranched alkanes of at least 4 members (excludes halogenated alkanes) is 10. The average molecular weight is 272 g/mol. The van der Waals surface area contributed by atoms with Crippen LogP contribution in [0.2, 0.25) is 0 Å². The van der Waals surface area contributed by atoms with Crippen molar-refractivity contribution in [3.63, 3.8) is 0 Å². The molecule has 18 heavy (non-hydrogen) atoms. The summed E-state index contributed by atoms with van der Waals surface area (Å²) in [6.07, 6.45) is 14.0. The molecule has 0 unspecified atom stereocenters. The summed E-state index contributed by atoms with van der Waals surface area (Å²) < 4.78 is 15.4. The first-order chi connectivity index (χ1) is 8.91. The van der Waals surface area contributed by atoms with Crippen LogP contribution in [0.5, 0.6) is 0 Å². The van der Waals surface area contributed by atoms with E-state index in [4.69, 9.17) is 4.74 Å². The molecule has 0 spiro atoms. The minimum absolute atomic E-state index is 0.0686. The molecule has 0 heterocycles. The average Bonchev–Trinajstić information content (AvgIpc) is 2.39. The number of hydrogen-bond donors (Lipinski definition) is 0. The van der Waals surface area contributed by atoms with Crippen molar-refractivity contribution < 1.29 is 9.30 Å². The second kappa shape index (κ2) is 17.0. The summed E-state index contributed by atoms with van der Waals surface area (Å²) in [7, 11) is 0.0686. The molecule has 0 saturated carbocycles. The van der Waals surface area contributed by atoms with Crippen molar-refractivity contribution in [2.24, 2.45) is 0 Å². The van der Waals surface area contributed by atoms with Crippen LogP contribution in [0.3, 0.4) is 0 Å². The van der Waals surface area contributed by atoms with Gasteiger partial charge in [0.15, 0.2) is 0 Å². The van der Waals surface area contributed by atoms with E-state index in [1.807, 2.05) is 0 Å². The molecule has 2 nitrogen and oxygen atoms in total. The molecule has 0 N–H and O–H groups in total. The molecule has 0 radical (unpaired) electrons. The second-order valence-electron chi connectivity index (χ2n) is 4.73. The summed E-state index contributed by atoms with van der Waals surface area (Å²) in [6, 6.07) is 0. The Balaban J connectivity index is 2.93. The molecule has 0 saturated heterocycles. The van der Waals surface area contributed by atoms with Crippen LogP contribution in [0.15, 0.2) is 0 Å². The first-order valence-corrected chi connectivity index (χ1v) is 8.36. The molecule has 0 atom stereocenters. The Morgan fingerprint density at radius 1 is 0.833 bits per heavy atom. The van der Waals surface area contributed by atoms with Crippen molar-refractivity contribution in [1.29, 1.82) is 0 Å². The van der Waals surface area contributed by atoms with E-state index in [1.165, 1.54) is 57.8 Å². The Morgan fingerprint density at radius 3 is 1.83 bits per heavy atom. The molecular formula is C15H29O2P. The Labute approximate surface area is 114 Å². The van der Waals surface area contributed by atoms with Gasteiger partial charge in [0.05, 0.1) is 0 Å². The summed E-state index contributed by atoms with van der Waals surface area (Å²) in [6.45, 7) is 3.84. The molecule has 3 heteroatoms. The van der Waals surface area contributed by atoms with Gasteiger partial charge in [0.1, 0.15) is 0 Å². The van der Waals surface area contributed by atoms with Crippen LogP contribution in [-0.4, -0.2) is 13.2 Å². The van der Waals surface area contributed by atoms with E-state index in [1.54, 1.807) is 0 Å². The van der Waals surface area contributed by atoms with Crippen molar-refractivity contribution in [3.05, 3.63) is 0 Å². The van der Waals surface area contributed by atoms with Crippen molar-refractivity contribution >= 4 is 7.92 Å². The van der Waals surface area contributed by atoms with E-state index in [0.717, 1.165) is 26.1 Å². The molecule has 0 amide bonds. The molecule has 0 aliphatic heterocycles. The normalized spacial score (nSPS) is 10.3. The first-order valence-electron chi connectivity index (χ1n) is 7.54. The van der Waals surface area contributed by atoms with Crippen LogP contribution in [-0.2, 0) is 9.30 Å². The van der Waals surface area contributed by atoms with E-state index in [2.05, 4.69) is 12.6 Å². The molecule has 0 aliphatic rings. The monoisotopic (exact) mass is 272 g/mol. The molecule has 0 bridgehead atoms. The van der Waals surface area contributed by atoms with Crippen molar-refractivity contribution in [2.75, 3.05) is 13.2 Å². The van der Waals surface area contributed by atoms with Crippen LogP contribution in [0, 0.1) is 5.63 Å². The molecular weight excluding hydrogens is 243 g/mol. The molecule has 0 aromatic carbocycles. The van der Waals surface area contributed by atoms with Gasteiger partial charge < -0.3 is 4.74 Å². The Morgan fingerprint density at radius 2 is 1.33 bits per heavy atom. The van der Waals surface area contributed by atoms with Crippen LogP contribution >= 0.6 is 7.92 Å². The predicted octanol–water partition coefficient (Wildman–Crippen LogP) is 5.56. The summed E-state index contributed by atoms with van der Waals surface area (Å²) in [5.74, 6) is 0. The summed E-state index contributed by atoms with van der Waals surface area (Å²) >= 11 is 0. The fourth-order valence-corrected chi connectivity index (χ4v) is 2.26. The maximum atomic E-state index is 10.1. The van der Waals surface area contributed by atoms with Gasteiger partial charge in [-0.25, -0.2) is 0 Å². The van der Waals surface area contributed by atoms with Gasteiger partial charge >= 0.3 is 88.7 Å². The van der Waals surface area contributed by atoms with Crippen molar-refractivity contribution in [3.8, 4) is 5.63 Å².